The third-order valence-corrected chi connectivity index (χ3v) is 7.60. The largest absolute Gasteiger partial charge is 0.462 e. The number of likely N-dealkylation sites (N-methyl/N-ethyl adjacent to an activating group) is 1. The minimum absolute atomic E-state index is 0.00725. The summed E-state index contributed by atoms with van der Waals surface area (Å²) in [4.78, 5) is 15.4. The normalized spacial score (nSPS) is 27.9. The van der Waals surface area contributed by atoms with Crippen molar-refractivity contribution in [2.45, 2.75) is 82.9 Å². The van der Waals surface area contributed by atoms with Crippen molar-refractivity contribution in [2.75, 3.05) is 13.6 Å². The van der Waals surface area contributed by atoms with Crippen LogP contribution in [-0.4, -0.2) is 41.2 Å². The highest BCUT2D eigenvalue weighted by Gasteiger charge is 2.42. The van der Waals surface area contributed by atoms with Crippen molar-refractivity contribution in [3.8, 4) is 0 Å². The molecule has 156 valence electrons. The summed E-state index contributed by atoms with van der Waals surface area (Å²) in [6.07, 6.45) is 10.3. The molecule has 1 saturated heterocycles. The Morgan fingerprint density at radius 1 is 1.17 bits per heavy atom. The van der Waals surface area contributed by atoms with Gasteiger partial charge in [-0.1, -0.05) is 18.6 Å². The summed E-state index contributed by atoms with van der Waals surface area (Å²) in [5.41, 5.74) is 4.26. The topological polar surface area (TPSA) is 34.5 Å². The van der Waals surface area contributed by atoms with Crippen molar-refractivity contribution >= 4 is 16.9 Å². The Morgan fingerprint density at radius 3 is 2.72 bits per heavy atom. The number of likely N-dealkylation sites (tertiary alicyclic amines) is 1. The van der Waals surface area contributed by atoms with Crippen LogP contribution in [-0.2, 0) is 16.0 Å². The third-order valence-electron chi connectivity index (χ3n) is 7.60. The van der Waals surface area contributed by atoms with E-state index < -0.39 is 0 Å². The lowest BCUT2D eigenvalue weighted by Gasteiger charge is -2.45. The van der Waals surface area contributed by atoms with Crippen LogP contribution >= 0.6 is 0 Å². The maximum atomic E-state index is 13.0. The van der Waals surface area contributed by atoms with Crippen molar-refractivity contribution < 1.29 is 9.53 Å². The molecular formula is C25H34N2O2. The molecule has 1 saturated carbocycles. The number of hydrogen-bond donors (Lipinski definition) is 0. The molecule has 3 aliphatic rings. The highest BCUT2D eigenvalue weighted by Crippen LogP contribution is 2.45. The number of ether oxygens (including phenoxy) is 1. The Labute approximate surface area is 174 Å². The van der Waals surface area contributed by atoms with E-state index >= 15 is 0 Å². The summed E-state index contributed by atoms with van der Waals surface area (Å²) >= 11 is 0. The molecule has 29 heavy (non-hydrogen) atoms. The standard InChI is InChI=1S/C25H34N2O2/c1-16(2)27-15-17-13-23-21(20-10-7-11-22(27)24(17)20)12-18(14-26(23)3)25(28)29-19-8-5-4-6-9-19/h7,10-11,15-16,18-19,21,23H,4-6,8-9,12-14H2,1-3H3/t18-,21?,23-/m1/s1. The van der Waals surface area contributed by atoms with Gasteiger partial charge >= 0.3 is 5.97 Å². The van der Waals surface area contributed by atoms with Crippen LogP contribution in [0.4, 0.5) is 0 Å². The fourth-order valence-electron chi connectivity index (χ4n) is 6.12. The second-order valence-corrected chi connectivity index (χ2v) is 9.84. The molecule has 0 amide bonds. The van der Waals surface area contributed by atoms with Crippen LogP contribution in [0.5, 0.6) is 0 Å². The number of carbonyl (C=O) groups excluding carboxylic acids is 1. The first-order valence-electron chi connectivity index (χ1n) is 11.6. The van der Waals surface area contributed by atoms with Crippen molar-refractivity contribution in [3.63, 3.8) is 0 Å². The third kappa shape index (κ3) is 3.30. The molecular weight excluding hydrogens is 360 g/mol. The molecule has 2 aromatic rings. The van der Waals surface area contributed by atoms with Gasteiger partial charge in [0.05, 0.1) is 5.92 Å². The Balaban J connectivity index is 1.43. The van der Waals surface area contributed by atoms with E-state index in [4.69, 9.17) is 4.74 Å². The zero-order valence-electron chi connectivity index (χ0n) is 18.1. The number of fused-ring (bicyclic) bond motifs is 2. The lowest BCUT2D eigenvalue weighted by molar-refractivity contribution is -0.158. The highest BCUT2D eigenvalue weighted by atomic mass is 16.5. The van der Waals surface area contributed by atoms with Crippen molar-refractivity contribution in [3.05, 3.63) is 35.5 Å². The number of hydrogen-bond acceptors (Lipinski definition) is 3. The minimum Gasteiger partial charge on any atom is -0.462 e. The predicted octanol–water partition coefficient (Wildman–Crippen LogP) is 5.06. The van der Waals surface area contributed by atoms with E-state index in [-0.39, 0.29) is 18.0 Å². The molecule has 2 aliphatic carbocycles. The summed E-state index contributed by atoms with van der Waals surface area (Å²) < 4.78 is 8.38. The maximum Gasteiger partial charge on any atom is 0.310 e. The Morgan fingerprint density at radius 2 is 1.97 bits per heavy atom. The average Bonchev–Trinajstić information content (AvgIpc) is 3.10. The molecule has 5 rings (SSSR count). The van der Waals surface area contributed by atoms with E-state index in [1.807, 2.05) is 0 Å². The van der Waals surface area contributed by atoms with Gasteiger partial charge in [0.1, 0.15) is 6.10 Å². The van der Waals surface area contributed by atoms with E-state index in [1.54, 1.807) is 0 Å². The van der Waals surface area contributed by atoms with Crippen molar-refractivity contribution in [1.29, 1.82) is 0 Å². The van der Waals surface area contributed by atoms with Crippen LogP contribution in [0.25, 0.3) is 10.9 Å². The van der Waals surface area contributed by atoms with Crippen LogP contribution in [0.1, 0.15) is 75.5 Å². The van der Waals surface area contributed by atoms with Gasteiger partial charge in [0, 0.05) is 41.6 Å². The number of piperidine rings is 1. The summed E-state index contributed by atoms with van der Waals surface area (Å²) in [6, 6.07) is 7.69. The smallest absolute Gasteiger partial charge is 0.310 e. The van der Waals surface area contributed by atoms with E-state index in [1.165, 1.54) is 41.3 Å². The summed E-state index contributed by atoms with van der Waals surface area (Å²) in [5.74, 6) is 0.448. The number of carbonyl (C=O) groups is 1. The zero-order chi connectivity index (χ0) is 20.1. The Bertz CT molecular complexity index is 909. The Kier molecular flexibility index (Phi) is 4.93. The fourth-order valence-corrected chi connectivity index (χ4v) is 6.12. The SMILES string of the molecule is CC(C)n1cc2c3c(cccc31)C1C[C@@H](C(=O)OC3CCCCC3)CN(C)[C@@H]1C2. The lowest BCUT2D eigenvalue weighted by Crippen LogP contribution is -2.50. The molecule has 1 unspecified atom stereocenters. The predicted molar refractivity (Wildman–Crippen MR) is 116 cm³/mol. The second kappa shape index (κ2) is 7.46. The van der Waals surface area contributed by atoms with Gasteiger partial charge in [-0.15, -0.1) is 0 Å². The molecule has 1 aromatic heterocycles. The summed E-state index contributed by atoms with van der Waals surface area (Å²) in [5, 5.41) is 1.44. The van der Waals surface area contributed by atoms with Crippen LogP contribution < -0.4 is 0 Å². The number of nitrogens with zero attached hydrogens (tertiary/aromatic N) is 2. The molecule has 0 bridgehead atoms. The van der Waals surface area contributed by atoms with Gasteiger partial charge in [-0.2, -0.15) is 0 Å². The van der Waals surface area contributed by atoms with E-state index in [0.29, 0.717) is 18.0 Å². The Hall–Kier alpha value is -1.81. The number of benzene rings is 1. The van der Waals surface area contributed by atoms with E-state index in [2.05, 4.69) is 54.8 Å². The first-order chi connectivity index (χ1) is 14.0. The van der Waals surface area contributed by atoms with E-state index in [0.717, 1.165) is 32.2 Å². The monoisotopic (exact) mass is 394 g/mol. The first kappa shape index (κ1) is 19.2. The van der Waals surface area contributed by atoms with Crippen LogP contribution in [0.3, 0.4) is 0 Å². The zero-order valence-corrected chi connectivity index (χ0v) is 18.1. The van der Waals surface area contributed by atoms with Crippen LogP contribution in [0, 0.1) is 5.92 Å². The number of aromatic nitrogens is 1. The second-order valence-electron chi connectivity index (χ2n) is 9.84. The van der Waals surface area contributed by atoms with Crippen LogP contribution in [0.15, 0.2) is 24.4 Å². The van der Waals surface area contributed by atoms with Crippen molar-refractivity contribution in [2.24, 2.45) is 5.92 Å². The number of rotatable bonds is 3. The highest BCUT2D eigenvalue weighted by molar-refractivity contribution is 5.89. The van der Waals surface area contributed by atoms with Gasteiger partial charge in [0.2, 0.25) is 0 Å². The molecule has 0 N–H and O–H groups in total. The maximum absolute atomic E-state index is 13.0. The molecule has 1 aromatic carbocycles. The molecule has 4 nitrogen and oxygen atoms in total. The van der Waals surface area contributed by atoms with Gasteiger partial charge in [0.15, 0.2) is 0 Å². The van der Waals surface area contributed by atoms with Gasteiger partial charge < -0.3 is 14.2 Å². The first-order valence-corrected chi connectivity index (χ1v) is 11.6. The van der Waals surface area contributed by atoms with Crippen LogP contribution in [0.2, 0.25) is 0 Å². The van der Waals surface area contributed by atoms with Gasteiger partial charge in [-0.05, 0) is 76.6 Å². The quantitative estimate of drug-likeness (QED) is 0.683. The molecule has 4 heteroatoms. The van der Waals surface area contributed by atoms with Gasteiger partial charge in [-0.3, -0.25) is 4.79 Å². The molecule has 3 atom stereocenters. The minimum atomic E-state index is -0.00725. The lowest BCUT2D eigenvalue weighted by atomic mass is 9.72. The van der Waals surface area contributed by atoms with Gasteiger partial charge in [-0.25, -0.2) is 0 Å². The molecule has 1 aliphatic heterocycles. The van der Waals surface area contributed by atoms with Crippen molar-refractivity contribution in [1.82, 2.24) is 9.47 Å². The van der Waals surface area contributed by atoms with E-state index in [9.17, 15) is 4.79 Å². The fraction of sp³-hybridized carbons (Fsp3) is 0.640. The molecule has 2 heterocycles. The number of esters is 1. The molecule has 2 fully saturated rings. The molecule has 0 spiro atoms. The summed E-state index contributed by atoms with van der Waals surface area (Å²) in [6.45, 7) is 5.33. The molecule has 0 radical (unpaired) electrons. The summed E-state index contributed by atoms with van der Waals surface area (Å²) in [7, 11) is 2.20. The van der Waals surface area contributed by atoms with Gasteiger partial charge in [0.25, 0.3) is 0 Å². The average molecular weight is 395 g/mol.